The summed E-state index contributed by atoms with van der Waals surface area (Å²) in [6, 6.07) is 14.2. The molecule has 0 radical (unpaired) electrons. The van der Waals surface area contributed by atoms with Gasteiger partial charge < -0.3 is 23.8 Å². The lowest BCUT2D eigenvalue weighted by Gasteiger charge is -2.40. The van der Waals surface area contributed by atoms with Crippen LogP contribution in [0.1, 0.15) is 62.5 Å². The van der Waals surface area contributed by atoms with Gasteiger partial charge in [0, 0.05) is 51.0 Å². The average Bonchev–Trinajstić information content (AvgIpc) is 3.26. The fraction of sp³-hybridized carbons (Fsp3) is 0.444. The van der Waals surface area contributed by atoms with E-state index in [0.29, 0.717) is 24.1 Å². The number of aromatic nitrogens is 2. The first-order chi connectivity index (χ1) is 21.8. The van der Waals surface area contributed by atoms with Crippen LogP contribution < -0.4 is 4.74 Å². The monoisotopic (exact) mass is 635 g/mol. The summed E-state index contributed by atoms with van der Waals surface area (Å²) in [7, 11) is 5.16. The fourth-order valence-electron chi connectivity index (χ4n) is 5.89. The lowest BCUT2D eigenvalue weighted by molar-refractivity contribution is -0.173. The van der Waals surface area contributed by atoms with Gasteiger partial charge in [0.25, 0.3) is 0 Å². The summed E-state index contributed by atoms with van der Waals surface area (Å²) in [5.74, 6) is -2.18. The molecule has 1 amide bonds. The molecule has 5 rings (SSSR count). The zero-order valence-corrected chi connectivity index (χ0v) is 27.7. The summed E-state index contributed by atoms with van der Waals surface area (Å²) in [4.78, 5) is 14.2. The summed E-state index contributed by atoms with van der Waals surface area (Å²) >= 11 is 0. The highest BCUT2D eigenvalue weighted by Crippen LogP contribution is 2.46. The van der Waals surface area contributed by atoms with Gasteiger partial charge in [-0.3, -0.25) is 4.68 Å². The number of halogens is 2. The van der Waals surface area contributed by atoms with Crippen LogP contribution in [0.3, 0.4) is 0 Å². The maximum Gasteiger partial charge on any atom is 0.410 e. The maximum atomic E-state index is 15.4. The molecule has 1 fully saturated rings. The van der Waals surface area contributed by atoms with Gasteiger partial charge in [-0.25, -0.2) is 9.18 Å². The Kier molecular flexibility index (Phi) is 9.70. The molecule has 1 saturated carbocycles. The molecule has 0 aliphatic heterocycles. The number of aryl methyl sites for hydroxylation is 1. The van der Waals surface area contributed by atoms with Crippen LogP contribution >= 0.6 is 0 Å². The van der Waals surface area contributed by atoms with Crippen molar-refractivity contribution >= 4 is 16.9 Å². The zero-order valence-electron chi connectivity index (χ0n) is 27.7. The van der Waals surface area contributed by atoms with Gasteiger partial charge in [0.15, 0.2) is 11.6 Å². The van der Waals surface area contributed by atoms with E-state index < -0.39 is 28.9 Å². The summed E-state index contributed by atoms with van der Waals surface area (Å²) in [6.07, 6.45) is 2.69. The van der Waals surface area contributed by atoms with Crippen molar-refractivity contribution in [3.8, 4) is 16.9 Å². The number of nitrogens with zero attached hydrogens (tertiary/aromatic N) is 3. The quantitative estimate of drug-likeness (QED) is 0.157. The number of amides is 1. The number of carbonyl (C=O) groups excluding carboxylic acids is 1. The second-order valence-corrected chi connectivity index (χ2v) is 13.0. The van der Waals surface area contributed by atoms with E-state index in [9.17, 15) is 9.18 Å². The highest BCUT2D eigenvalue weighted by atomic mass is 19.2. The molecule has 1 aromatic heterocycles. The summed E-state index contributed by atoms with van der Waals surface area (Å²) in [6.45, 7) is 8.02. The van der Waals surface area contributed by atoms with Crippen LogP contribution in [0.5, 0.6) is 5.75 Å². The van der Waals surface area contributed by atoms with Gasteiger partial charge in [-0.15, -0.1) is 0 Å². The fourth-order valence-corrected chi connectivity index (χ4v) is 5.89. The third kappa shape index (κ3) is 6.88. The van der Waals surface area contributed by atoms with E-state index in [1.165, 1.54) is 11.0 Å². The van der Waals surface area contributed by atoms with Crippen LogP contribution in [0.15, 0.2) is 48.5 Å². The molecule has 1 heterocycles. The van der Waals surface area contributed by atoms with E-state index in [4.69, 9.17) is 24.0 Å². The number of hydrogen-bond acceptors (Lipinski definition) is 6. The summed E-state index contributed by atoms with van der Waals surface area (Å²) < 4.78 is 54.7. The third-order valence-electron chi connectivity index (χ3n) is 8.55. The van der Waals surface area contributed by atoms with Crippen LogP contribution in [0, 0.1) is 18.6 Å². The van der Waals surface area contributed by atoms with Crippen molar-refractivity contribution in [1.82, 2.24) is 14.7 Å². The first-order valence-electron chi connectivity index (χ1n) is 15.6. The Labute approximate surface area is 269 Å². The van der Waals surface area contributed by atoms with Gasteiger partial charge in [-0.2, -0.15) is 9.49 Å². The predicted octanol–water partition coefficient (Wildman–Crippen LogP) is 7.82. The predicted molar refractivity (Wildman–Crippen MR) is 173 cm³/mol. The minimum atomic E-state index is -1.04. The minimum absolute atomic E-state index is 0.104. The van der Waals surface area contributed by atoms with Crippen molar-refractivity contribution in [2.45, 2.75) is 71.1 Å². The van der Waals surface area contributed by atoms with Crippen molar-refractivity contribution in [1.29, 1.82) is 0 Å². The van der Waals surface area contributed by atoms with Crippen molar-refractivity contribution in [3.63, 3.8) is 0 Å². The molecule has 0 N–H and O–H groups in total. The first-order valence-corrected chi connectivity index (χ1v) is 15.6. The smallest absolute Gasteiger partial charge is 0.410 e. The topological polar surface area (TPSA) is 75.1 Å². The lowest BCUT2D eigenvalue weighted by atomic mass is 9.75. The zero-order chi connectivity index (χ0) is 33.2. The average molecular weight is 636 g/mol. The van der Waals surface area contributed by atoms with Crippen LogP contribution in [0.25, 0.3) is 21.9 Å². The number of hydrogen-bond donors (Lipinski definition) is 0. The summed E-state index contributed by atoms with van der Waals surface area (Å²) in [5, 5.41) is 6.61. The Bertz CT molecular complexity index is 1730. The molecule has 1 aliphatic rings. The van der Waals surface area contributed by atoms with E-state index in [2.05, 4.69) is 0 Å². The molecule has 10 heteroatoms. The number of carbonyl (C=O) groups is 1. The molecule has 0 unspecified atom stereocenters. The molecule has 246 valence electrons. The van der Waals surface area contributed by atoms with Crippen molar-refractivity contribution in [2.24, 2.45) is 7.05 Å². The van der Waals surface area contributed by atoms with E-state index >= 15 is 4.39 Å². The molecule has 0 saturated heterocycles. The largest absolute Gasteiger partial charge is 0.489 e. The number of ether oxygens (including phenoxy) is 4. The SMILES string of the molecule is COCOC1(c2nn(C)c(C)c2CCOc2c(-c3ccc4cccc(CN(C)C(=O)OC(C)(C)C)c4c3)ccc(F)c2F)CCC1. The molecular formula is C36H43F2N3O5. The number of benzene rings is 3. The Morgan fingerprint density at radius 1 is 1.11 bits per heavy atom. The van der Waals surface area contributed by atoms with Crippen LogP contribution in [0.2, 0.25) is 0 Å². The van der Waals surface area contributed by atoms with Crippen LogP contribution in [-0.2, 0) is 39.8 Å². The standard InChI is InChI=1S/C36H43F2N3O5/c1-23-27(33(39-41(23)6)36(17-9-18-36)45-22-43-7)16-19-44-32-28(14-15-30(37)31(32)38)25-13-12-24-10-8-11-26(29(24)20-25)21-40(5)34(42)46-35(2,3)4/h8,10-15,20H,9,16-19,21-22H2,1-7H3. The molecule has 1 aliphatic carbocycles. The maximum absolute atomic E-state index is 15.4. The van der Waals surface area contributed by atoms with Crippen molar-refractivity contribution < 1.29 is 32.5 Å². The van der Waals surface area contributed by atoms with Crippen molar-refractivity contribution in [3.05, 3.63) is 82.7 Å². The minimum Gasteiger partial charge on any atom is -0.489 e. The molecular weight excluding hydrogens is 592 g/mol. The second kappa shape index (κ2) is 13.4. The molecule has 46 heavy (non-hydrogen) atoms. The third-order valence-corrected chi connectivity index (χ3v) is 8.55. The van der Waals surface area contributed by atoms with Gasteiger partial charge in [-0.05, 0) is 87.1 Å². The van der Waals surface area contributed by atoms with E-state index in [0.717, 1.165) is 58.6 Å². The first kappa shape index (κ1) is 33.3. The van der Waals surface area contributed by atoms with Gasteiger partial charge in [0.05, 0.1) is 12.3 Å². The second-order valence-electron chi connectivity index (χ2n) is 13.0. The van der Waals surface area contributed by atoms with Gasteiger partial charge in [-0.1, -0.05) is 30.3 Å². The van der Waals surface area contributed by atoms with E-state index in [1.807, 2.05) is 75.8 Å². The van der Waals surface area contributed by atoms with Crippen LogP contribution in [-0.4, -0.2) is 53.9 Å². The van der Waals surface area contributed by atoms with Gasteiger partial charge >= 0.3 is 6.09 Å². The molecule has 0 bridgehead atoms. The normalized spacial score (nSPS) is 14.3. The van der Waals surface area contributed by atoms with E-state index in [-0.39, 0.29) is 19.1 Å². The molecule has 8 nitrogen and oxygen atoms in total. The Morgan fingerprint density at radius 2 is 1.87 bits per heavy atom. The number of rotatable bonds is 11. The summed E-state index contributed by atoms with van der Waals surface area (Å²) in [5.41, 5.74) is 3.62. The number of methoxy groups -OCH3 is 1. The number of fused-ring (bicyclic) bond motifs is 1. The highest BCUT2D eigenvalue weighted by Gasteiger charge is 2.44. The molecule has 3 aromatic carbocycles. The van der Waals surface area contributed by atoms with Crippen LogP contribution in [0.4, 0.5) is 13.6 Å². The molecule has 0 atom stereocenters. The highest BCUT2D eigenvalue weighted by molar-refractivity contribution is 5.91. The Balaban J connectivity index is 1.42. The Morgan fingerprint density at radius 3 is 2.54 bits per heavy atom. The molecule has 0 spiro atoms. The van der Waals surface area contributed by atoms with Gasteiger partial charge in [0.2, 0.25) is 5.82 Å². The molecule has 4 aromatic rings. The lowest BCUT2D eigenvalue weighted by Crippen LogP contribution is -2.39. The van der Waals surface area contributed by atoms with Crippen molar-refractivity contribution in [2.75, 3.05) is 27.6 Å². The van der Waals surface area contributed by atoms with Gasteiger partial charge in [0.1, 0.15) is 18.0 Å². The van der Waals surface area contributed by atoms with E-state index in [1.54, 1.807) is 14.2 Å². The Hall–Kier alpha value is -4.02.